The Morgan fingerprint density at radius 1 is 1.21 bits per heavy atom. The van der Waals surface area contributed by atoms with Crippen LogP contribution in [0, 0.1) is 5.41 Å². The highest BCUT2D eigenvalue weighted by Gasteiger charge is 2.43. The number of benzene rings is 1. The van der Waals surface area contributed by atoms with Crippen LogP contribution in [0.25, 0.3) is 11.7 Å². The van der Waals surface area contributed by atoms with Gasteiger partial charge in [0.2, 0.25) is 5.88 Å². The third kappa shape index (κ3) is 5.31. The Bertz CT molecular complexity index is 1650. The molecule has 6 rings (SSSR count). The van der Waals surface area contributed by atoms with Gasteiger partial charge in [-0.15, -0.1) is 0 Å². The van der Waals surface area contributed by atoms with E-state index in [0.29, 0.717) is 33.7 Å². The Labute approximate surface area is 223 Å². The number of rotatable bonds is 7. The first kappa shape index (κ1) is 24.7. The number of fused-ring (bicyclic) bond motifs is 1. The van der Waals surface area contributed by atoms with Crippen LogP contribution in [0.4, 0.5) is 11.5 Å². The number of nitrogens with zero attached hydrogens (tertiary/aromatic N) is 6. The number of piperazine rings is 1. The molecule has 11 nitrogen and oxygen atoms in total. The largest absolute Gasteiger partial charge is 0.493 e. The third-order valence-electron chi connectivity index (χ3n) is 7.30. The van der Waals surface area contributed by atoms with E-state index in [1.165, 1.54) is 12.8 Å². The van der Waals surface area contributed by atoms with E-state index in [0.717, 1.165) is 38.4 Å². The molecule has 4 heterocycles. The molecule has 4 N–H and O–H groups in total. The summed E-state index contributed by atoms with van der Waals surface area (Å²) < 4.78 is 1.70. The van der Waals surface area contributed by atoms with Crippen LogP contribution < -0.4 is 21.7 Å². The van der Waals surface area contributed by atoms with Crippen LogP contribution in [-0.2, 0) is 0 Å². The van der Waals surface area contributed by atoms with Gasteiger partial charge in [0.1, 0.15) is 11.5 Å². The molecule has 4 aromatic rings. The number of likely N-dealkylation sites (N-methyl/N-ethyl adjacent to an activating group) is 1. The zero-order valence-electron chi connectivity index (χ0n) is 21.1. The average molecular weight is 536 g/mol. The summed E-state index contributed by atoms with van der Waals surface area (Å²) in [5, 5.41) is 19.1. The summed E-state index contributed by atoms with van der Waals surface area (Å²) in [5.41, 5.74) is 1.98. The summed E-state index contributed by atoms with van der Waals surface area (Å²) in [6.07, 6.45) is 5.61. The van der Waals surface area contributed by atoms with Crippen molar-refractivity contribution in [2.45, 2.75) is 12.8 Å². The molecule has 3 aromatic heterocycles. The van der Waals surface area contributed by atoms with Crippen molar-refractivity contribution in [3.8, 4) is 5.88 Å². The minimum absolute atomic E-state index is 0.199. The number of aromatic hydroxyl groups is 1. The molecule has 0 unspecified atom stereocenters. The van der Waals surface area contributed by atoms with Crippen LogP contribution in [0.2, 0.25) is 5.02 Å². The van der Waals surface area contributed by atoms with E-state index in [2.05, 4.69) is 37.2 Å². The molecule has 1 aromatic carbocycles. The second-order valence-corrected chi connectivity index (χ2v) is 10.8. The molecule has 0 bridgehead atoms. The van der Waals surface area contributed by atoms with Crippen molar-refractivity contribution in [2.75, 3.05) is 51.6 Å². The van der Waals surface area contributed by atoms with E-state index < -0.39 is 5.69 Å². The van der Waals surface area contributed by atoms with Gasteiger partial charge in [0.25, 0.3) is 0 Å². The smallest absolute Gasteiger partial charge is 0.326 e. The van der Waals surface area contributed by atoms with Crippen LogP contribution in [0.3, 0.4) is 0 Å². The Kier molecular flexibility index (Phi) is 6.42. The molecule has 2 aliphatic rings. The first-order chi connectivity index (χ1) is 18.4. The number of imidazole rings is 1. The minimum Gasteiger partial charge on any atom is -0.493 e. The van der Waals surface area contributed by atoms with Crippen LogP contribution >= 0.6 is 11.6 Å². The number of hydrogen-bond donors (Lipinski definition) is 4. The van der Waals surface area contributed by atoms with Crippen LogP contribution in [0.15, 0.2) is 46.3 Å². The Balaban J connectivity index is 1.37. The highest BCUT2D eigenvalue weighted by atomic mass is 35.5. The van der Waals surface area contributed by atoms with Crippen molar-refractivity contribution < 1.29 is 5.11 Å². The number of anilines is 2. The Morgan fingerprint density at radius 2 is 2.03 bits per heavy atom. The van der Waals surface area contributed by atoms with E-state index in [4.69, 9.17) is 21.6 Å². The quantitative estimate of drug-likeness (QED) is 0.281. The molecule has 1 aliphatic heterocycles. The van der Waals surface area contributed by atoms with Gasteiger partial charge in [0, 0.05) is 66.7 Å². The SMILES string of the molecule is CN1CCN(CC2(CN=c3cc(Nc4cccc(Cl)c4)nc4c(=Cc5[nH]c(=O)[nH]c5O)cnn34)CC2)CC1. The van der Waals surface area contributed by atoms with Gasteiger partial charge >= 0.3 is 5.69 Å². The predicted molar refractivity (Wildman–Crippen MR) is 146 cm³/mol. The normalized spacial score (nSPS) is 18.9. The molecule has 2 fully saturated rings. The number of nitrogens with one attached hydrogen (secondary N) is 3. The molecule has 0 atom stereocenters. The van der Waals surface area contributed by atoms with Crippen molar-refractivity contribution in [3.63, 3.8) is 0 Å². The third-order valence-corrected chi connectivity index (χ3v) is 7.54. The Morgan fingerprint density at radius 3 is 2.74 bits per heavy atom. The number of H-pyrrole nitrogens is 2. The van der Waals surface area contributed by atoms with Gasteiger partial charge in [-0.3, -0.25) is 9.98 Å². The van der Waals surface area contributed by atoms with E-state index in [1.54, 1.807) is 16.8 Å². The van der Waals surface area contributed by atoms with Gasteiger partial charge in [-0.2, -0.15) is 9.61 Å². The maximum Gasteiger partial charge on any atom is 0.326 e. The second-order valence-electron chi connectivity index (χ2n) is 10.4. The van der Waals surface area contributed by atoms with Gasteiger partial charge < -0.3 is 25.2 Å². The van der Waals surface area contributed by atoms with Gasteiger partial charge in [0.05, 0.1) is 6.20 Å². The maximum absolute atomic E-state index is 11.6. The highest BCUT2D eigenvalue weighted by molar-refractivity contribution is 6.30. The molecule has 0 radical (unpaired) electrons. The predicted octanol–water partition coefficient (Wildman–Crippen LogP) is 1.32. The molecule has 1 saturated carbocycles. The van der Waals surface area contributed by atoms with Crippen molar-refractivity contribution in [2.24, 2.45) is 10.4 Å². The zero-order valence-corrected chi connectivity index (χ0v) is 21.9. The lowest BCUT2D eigenvalue weighted by atomic mass is 10.1. The number of halogens is 1. The molecule has 198 valence electrons. The fraction of sp³-hybridized carbons (Fsp3) is 0.385. The fourth-order valence-corrected chi connectivity index (χ4v) is 5.07. The molecule has 38 heavy (non-hydrogen) atoms. The lowest BCUT2D eigenvalue weighted by molar-refractivity contribution is 0.132. The van der Waals surface area contributed by atoms with Crippen molar-refractivity contribution >= 4 is 34.8 Å². The Hall–Kier alpha value is -3.67. The zero-order chi connectivity index (χ0) is 26.3. The molecule has 0 spiro atoms. The minimum atomic E-state index is -0.493. The van der Waals surface area contributed by atoms with E-state index in [1.807, 2.05) is 30.3 Å². The van der Waals surface area contributed by atoms with Crippen LogP contribution in [0.1, 0.15) is 18.5 Å². The van der Waals surface area contributed by atoms with E-state index in [9.17, 15) is 9.90 Å². The molecule has 12 heteroatoms. The first-order valence-corrected chi connectivity index (χ1v) is 13.1. The van der Waals surface area contributed by atoms with E-state index >= 15 is 0 Å². The molecule has 0 amide bonds. The molecule has 1 aliphatic carbocycles. The van der Waals surface area contributed by atoms with Gasteiger partial charge in [0.15, 0.2) is 11.1 Å². The van der Waals surface area contributed by atoms with E-state index in [-0.39, 0.29) is 17.0 Å². The summed E-state index contributed by atoms with van der Waals surface area (Å²) in [7, 11) is 2.17. The van der Waals surface area contributed by atoms with Gasteiger partial charge in [-0.1, -0.05) is 17.7 Å². The molecule has 1 saturated heterocycles. The molecular weight excluding hydrogens is 506 g/mol. The van der Waals surface area contributed by atoms with Crippen molar-refractivity contribution in [1.29, 1.82) is 0 Å². The summed E-state index contributed by atoms with van der Waals surface area (Å²) in [6.45, 7) is 6.16. The summed E-state index contributed by atoms with van der Waals surface area (Å²) in [6, 6.07) is 9.30. The van der Waals surface area contributed by atoms with Crippen LogP contribution in [-0.4, -0.2) is 85.8 Å². The van der Waals surface area contributed by atoms with Crippen molar-refractivity contribution in [3.05, 3.63) is 68.4 Å². The monoisotopic (exact) mass is 535 g/mol. The van der Waals surface area contributed by atoms with Crippen LogP contribution in [0.5, 0.6) is 5.88 Å². The number of hydrogen-bond acceptors (Lipinski definition) is 8. The number of aromatic amines is 2. The van der Waals surface area contributed by atoms with Gasteiger partial charge in [-0.25, -0.2) is 9.78 Å². The lowest BCUT2D eigenvalue weighted by Crippen LogP contribution is -2.46. The summed E-state index contributed by atoms with van der Waals surface area (Å²) in [4.78, 5) is 31.3. The lowest BCUT2D eigenvalue weighted by Gasteiger charge is -2.34. The van der Waals surface area contributed by atoms with Gasteiger partial charge in [-0.05, 0) is 44.2 Å². The fourth-order valence-electron chi connectivity index (χ4n) is 4.88. The standard InChI is InChI=1S/C26H30ClN9O2/c1-34-7-9-35(10-8-34)16-26(5-6-26)15-28-22-13-21(30-19-4-2-3-18(27)12-19)32-23-17(14-29-36(22)23)11-20-24(37)33-25(38)31-20/h2-4,11-14,30,37H,5-10,15-16H2,1H3,(H2,31,33,38). The number of aromatic nitrogens is 5. The second kappa shape index (κ2) is 9.90. The summed E-state index contributed by atoms with van der Waals surface area (Å²) >= 11 is 6.19. The first-order valence-electron chi connectivity index (χ1n) is 12.7. The highest BCUT2D eigenvalue weighted by Crippen LogP contribution is 2.46. The topological polar surface area (TPSA) is 130 Å². The maximum atomic E-state index is 11.6. The molecular formula is C26H30ClN9O2. The van der Waals surface area contributed by atoms with Crippen molar-refractivity contribution in [1.82, 2.24) is 34.4 Å². The average Bonchev–Trinajstić information content (AvgIpc) is 3.41. The summed E-state index contributed by atoms with van der Waals surface area (Å²) in [5.74, 6) is 0.344.